The molecule has 2 heterocycles. The lowest BCUT2D eigenvalue weighted by Crippen LogP contribution is -2.43. The molecule has 1 amide bonds. The number of ether oxygens (including phenoxy) is 1. The summed E-state index contributed by atoms with van der Waals surface area (Å²) in [7, 11) is 1.90. The molecule has 0 unspecified atom stereocenters. The largest absolute Gasteiger partial charge is 0.455 e. The average Bonchev–Trinajstić information content (AvgIpc) is 3.54. The maximum atomic E-state index is 13.1. The highest BCUT2D eigenvalue weighted by Gasteiger charge is 2.39. The predicted octanol–water partition coefficient (Wildman–Crippen LogP) is 3.68. The highest BCUT2D eigenvalue weighted by molar-refractivity contribution is 5.99. The third kappa shape index (κ3) is 3.49. The number of anilines is 1. The van der Waals surface area contributed by atoms with Gasteiger partial charge in [-0.05, 0) is 56.9 Å². The van der Waals surface area contributed by atoms with Gasteiger partial charge in [0, 0.05) is 36.3 Å². The Hall–Kier alpha value is -3.50. The second-order valence-electron chi connectivity index (χ2n) is 8.41. The number of rotatable bonds is 4. The number of carbonyl (C=O) groups excluding carboxylic acids is 1. The zero-order chi connectivity index (χ0) is 21.5. The summed E-state index contributed by atoms with van der Waals surface area (Å²) in [6.07, 6.45) is 5.57. The molecular formula is C24H25N5O2. The Labute approximate surface area is 181 Å². The molecule has 0 spiro atoms. The van der Waals surface area contributed by atoms with Crippen LogP contribution in [0.5, 0.6) is 11.5 Å². The van der Waals surface area contributed by atoms with Crippen molar-refractivity contribution in [2.24, 2.45) is 5.92 Å². The van der Waals surface area contributed by atoms with Crippen LogP contribution in [0.25, 0.3) is 5.70 Å². The second kappa shape index (κ2) is 7.64. The number of fused-ring (bicyclic) bond motifs is 1. The summed E-state index contributed by atoms with van der Waals surface area (Å²) in [4.78, 5) is 15.1. The van der Waals surface area contributed by atoms with Gasteiger partial charge in [-0.15, -0.1) is 5.53 Å². The van der Waals surface area contributed by atoms with Crippen molar-refractivity contribution in [3.05, 3.63) is 59.3 Å². The summed E-state index contributed by atoms with van der Waals surface area (Å²) in [6, 6.07) is 13.6. The lowest BCUT2D eigenvalue weighted by atomic mass is 9.92. The maximum Gasteiger partial charge on any atom is 0.230 e. The molecule has 0 aromatic heterocycles. The molecule has 7 nitrogen and oxygen atoms in total. The smallest absolute Gasteiger partial charge is 0.230 e. The molecule has 1 fully saturated rings. The van der Waals surface area contributed by atoms with E-state index in [4.69, 9.17) is 4.74 Å². The third-order valence-electron chi connectivity index (χ3n) is 6.11. The Bertz CT molecular complexity index is 1120. The minimum absolute atomic E-state index is 0.147. The molecule has 3 aliphatic rings. The predicted molar refractivity (Wildman–Crippen MR) is 118 cm³/mol. The van der Waals surface area contributed by atoms with Gasteiger partial charge < -0.3 is 15.1 Å². The van der Waals surface area contributed by atoms with E-state index in [0.29, 0.717) is 17.1 Å². The van der Waals surface area contributed by atoms with Crippen LogP contribution in [0.1, 0.15) is 42.9 Å². The highest BCUT2D eigenvalue weighted by atomic mass is 16.5. The fourth-order valence-electron chi connectivity index (χ4n) is 4.30. The van der Waals surface area contributed by atoms with Gasteiger partial charge in [0.25, 0.3) is 0 Å². The second-order valence-corrected chi connectivity index (χ2v) is 8.41. The molecular weight excluding hydrogens is 390 g/mol. The number of nitrogens with zero attached hydrogens (tertiary/aromatic N) is 3. The Morgan fingerprint density at radius 1 is 1.19 bits per heavy atom. The quantitative estimate of drug-likeness (QED) is 0.793. The van der Waals surface area contributed by atoms with Crippen molar-refractivity contribution >= 4 is 17.3 Å². The number of carbonyl (C=O) groups is 1. The lowest BCUT2D eigenvalue weighted by molar-refractivity contribution is -0.120. The van der Waals surface area contributed by atoms with E-state index in [1.54, 1.807) is 12.1 Å². The normalized spacial score (nSPS) is 19.9. The summed E-state index contributed by atoms with van der Waals surface area (Å²) < 4.78 is 6.43. The number of nitriles is 1. The van der Waals surface area contributed by atoms with Gasteiger partial charge in [-0.25, -0.2) is 0 Å². The highest BCUT2D eigenvalue weighted by Crippen LogP contribution is 2.45. The molecule has 1 atom stereocenters. The van der Waals surface area contributed by atoms with Crippen LogP contribution in [-0.2, 0) is 11.2 Å². The molecule has 5 rings (SSSR count). The van der Waals surface area contributed by atoms with Crippen LogP contribution in [0.3, 0.4) is 0 Å². The van der Waals surface area contributed by atoms with Crippen LogP contribution in [0, 0.1) is 17.2 Å². The van der Waals surface area contributed by atoms with Gasteiger partial charge in [0.2, 0.25) is 5.91 Å². The summed E-state index contributed by atoms with van der Waals surface area (Å²) in [5.74, 6) is 1.56. The van der Waals surface area contributed by atoms with Crippen LogP contribution in [0.15, 0.2) is 42.6 Å². The lowest BCUT2D eigenvalue weighted by Gasteiger charge is -2.36. The van der Waals surface area contributed by atoms with Crippen molar-refractivity contribution < 1.29 is 9.53 Å². The van der Waals surface area contributed by atoms with E-state index in [1.807, 2.05) is 47.4 Å². The molecule has 2 N–H and O–H groups in total. The Kier molecular flexibility index (Phi) is 4.79. The van der Waals surface area contributed by atoms with Crippen molar-refractivity contribution in [2.45, 2.75) is 38.6 Å². The van der Waals surface area contributed by atoms with E-state index in [0.717, 1.165) is 48.2 Å². The molecule has 31 heavy (non-hydrogen) atoms. The molecule has 1 aliphatic carbocycles. The molecule has 1 saturated carbocycles. The summed E-state index contributed by atoms with van der Waals surface area (Å²) in [5, 5.41) is 11.4. The maximum absolute atomic E-state index is 13.1. The molecule has 7 heteroatoms. The molecule has 0 radical (unpaired) electrons. The standard InChI is InChI=1S/C24H25N5O2/c1-15-7-10-19-21(29(15)24(30)16-8-9-16)12-11-18(20-14-28(2)27-26-20)23(19)31-22-6-4-3-5-17(22)13-25/h3-6,11-12,14-16,26-27H,7-10H2,1-2H3/t15-/m0/s1. The number of hydrogen-bond acceptors (Lipinski definition) is 6. The van der Waals surface area contributed by atoms with E-state index in [-0.39, 0.29) is 17.9 Å². The van der Waals surface area contributed by atoms with E-state index in [2.05, 4.69) is 24.0 Å². The van der Waals surface area contributed by atoms with Gasteiger partial charge in [0.15, 0.2) is 0 Å². The SMILES string of the molecule is C[C@H]1CCc2c(ccc(C3=CN(C)NN3)c2Oc2ccccc2C#N)N1C(=O)C1CC1. The Morgan fingerprint density at radius 2 is 2.00 bits per heavy atom. The number of amides is 1. The minimum atomic E-state index is 0.147. The van der Waals surface area contributed by atoms with Crippen LogP contribution in [0.4, 0.5) is 5.69 Å². The van der Waals surface area contributed by atoms with E-state index >= 15 is 0 Å². The van der Waals surface area contributed by atoms with Gasteiger partial charge in [-0.1, -0.05) is 12.1 Å². The first-order chi connectivity index (χ1) is 15.1. The van der Waals surface area contributed by atoms with Crippen molar-refractivity contribution in [3.8, 4) is 17.6 Å². The number of hydrazine groups is 2. The molecule has 2 aliphatic heterocycles. The zero-order valence-corrected chi connectivity index (χ0v) is 17.7. The Balaban J connectivity index is 1.65. The van der Waals surface area contributed by atoms with E-state index < -0.39 is 0 Å². The van der Waals surface area contributed by atoms with Crippen molar-refractivity contribution in [1.29, 1.82) is 5.26 Å². The van der Waals surface area contributed by atoms with Crippen molar-refractivity contribution in [3.63, 3.8) is 0 Å². The zero-order valence-electron chi connectivity index (χ0n) is 17.7. The fourth-order valence-corrected chi connectivity index (χ4v) is 4.30. The van der Waals surface area contributed by atoms with E-state index in [9.17, 15) is 10.1 Å². The molecule has 0 saturated heterocycles. The van der Waals surface area contributed by atoms with Crippen LogP contribution in [-0.4, -0.2) is 24.0 Å². The van der Waals surface area contributed by atoms with Crippen LogP contribution >= 0.6 is 0 Å². The average molecular weight is 415 g/mol. The van der Waals surface area contributed by atoms with Crippen LogP contribution < -0.4 is 20.6 Å². The number of nitrogens with one attached hydrogen (secondary N) is 2. The summed E-state index contributed by atoms with van der Waals surface area (Å²) >= 11 is 0. The third-order valence-corrected chi connectivity index (χ3v) is 6.11. The first kappa shape index (κ1) is 19.5. The Morgan fingerprint density at radius 3 is 2.71 bits per heavy atom. The monoisotopic (exact) mass is 415 g/mol. The minimum Gasteiger partial charge on any atom is -0.455 e. The molecule has 2 aromatic rings. The summed E-state index contributed by atoms with van der Waals surface area (Å²) in [5.41, 5.74) is 10.4. The van der Waals surface area contributed by atoms with Gasteiger partial charge in [0.05, 0.1) is 16.9 Å². The van der Waals surface area contributed by atoms with Crippen molar-refractivity contribution in [2.75, 3.05) is 11.9 Å². The number of hydrogen-bond donors (Lipinski definition) is 2. The van der Waals surface area contributed by atoms with Crippen LogP contribution in [0.2, 0.25) is 0 Å². The molecule has 2 aromatic carbocycles. The first-order valence-corrected chi connectivity index (χ1v) is 10.7. The molecule has 0 bridgehead atoms. The van der Waals surface area contributed by atoms with Gasteiger partial charge in [0.1, 0.15) is 17.6 Å². The van der Waals surface area contributed by atoms with Crippen molar-refractivity contribution in [1.82, 2.24) is 16.0 Å². The molecule has 158 valence electrons. The summed E-state index contributed by atoms with van der Waals surface area (Å²) in [6.45, 7) is 2.11. The van der Waals surface area contributed by atoms with Gasteiger partial charge >= 0.3 is 0 Å². The topological polar surface area (TPSA) is 80.6 Å². The number of benzene rings is 2. The fraction of sp³-hybridized carbons (Fsp3) is 0.333. The first-order valence-electron chi connectivity index (χ1n) is 10.7. The van der Waals surface area contributed by atoms with Gasteiger partial charge in [-0.3, -0.25) is 9.80 Å². The van der Waals surface area contributed by atoms with E-state index in [1.165, 1.54) is 0 Å². The van der Waals surface area contributed by atoms with Gasteiger partial charge in [-0.2, -0.15) is 5.26 Å². The number of para-hydroxylation sites is 1.